The van der Waals surface area contributed by atoms with Gasteiger partial charge in [0.05, 0.1) is 16.1 Å². The van der Waals surface area contributed by atoms with Gasteiger partial charge in [0.1, 0.15) is 0 Å². The minimum Gasteiger partial charge on any atom is -0.329 e. The first-order valence-corrected chi connectivity index (χ1v) is 11.0. The molecule has 3 nitrogen and oxygen atoms in total. The lowest BCUT2D eigenvalue weighted by atomic mass is 9.96. The number of benzene rings is 3. The Labute approximate surface area is 193 Å². The summed E-state index contributed by atoms with van der Waals surface area (Å²) in [5, 5.41) is 0.906. The Hall–Kier alpha value is -2.77. The van der Waals surface area contributed by atoms with E-state index in [1.807, 2.05) is 17.0 Å². The number of amides is 1. The molecule has 3 aromatic rings. The third-order valence-electron chi connectivity index (χ3n) is 5.43. The Bertz CT molecular complexity index is 1060. The zero-order valence-corrected chi connectivity index (χ0v) is 18.5. The van der Waals surface area contributed by atoms with E-state index in [0.29, 0.717) is 28.7 Å². The van der Waals surface area contributed by atoms with Gasteiger partial charge in [-0.25, -0.2) is 0 Å². The summed E-state index contributed by atoms with van der Waals surface area (Å²) >= 11 is 12.0. The highest BCUT2D eigenvalue weighted by atomic mass is 35.5. The second-order valence-electron chi connectivity index (χ2n) is 7.43. The highest BCUT2D eigenvalue weighted by Gasteiger charge is 2.27. The second-order valence-corrected chi connectivity index (χ2v) is 8.25. The molecule has 1 amide bonds. The number of nitrogens with zero attached hydrogens (tertiary/aromatic N) is 2. The number of carbonyl (C=O) groups is 1. The van der Waals surface area contributed by atoms with E-state index in [4.69, 9.17) is 23.2 Å². The number of piperazine rings is 1. The first-order chi connectivity index (χ1) is 15.1. The fraction of sp³-hybridized carbons (Fsp3) is 0.192. The van der Waals surface area contributed by atoms with E-state index >= 15 is 0 Å². The molecule has 0 atom stereocenters. The van der Waals surface area contributed by atoms with Crippen LogP contribution in [0.4, 0.5) is 0 Å². The molecule has 1 heterocycles. The van der Waals surface area contributed by atoms with Crippen LogP contribution in [-0.4, -0.2) is 41.9 Å². The molecule has 1 saturated heterocycles. The van der Waals surface area contributed by atoms with Gasteiger partial charge in [0, 0.05) is 37.7 Å². The predicted molar refractivity (Wildman–Crippen MR) is 126 cm³/mol. The van der Waals surface area contributed by atoms with Crippen LogP contribution in [0.5, 0.6) is 0 Å². The van der Waals surface area contributed by atoms with Crippen LogP contribution in [-0.2, 0) is 4.79 Å². The van der Waals surface area contributed by atoms with Crippen LogP contribution in [0.2, 0.25) is 10.0 Å². The summed E-state index contributed by atoms with van der Waals surface area (Å²) in [6.45, 7) is 2.86. The van der Waals surface area contributed by atoms with Crippen molar-refractivity contribution >= 4 is 29.1 Å². The average Bonchev–Trinajstić information content (AvgIpc) is 2.82. The maximum Gasteiger partial charge on any atom is 0.298 e. The van der Waals surface area contributed by atoms with Gasteiger partial charge < -0.3 is 4.90 Å². The topological polar surface area (TPSA) is 23.6 Å². The summed E-state index contributed by atoms with van der Waals surface area (Å²) in [5.74, 6) is 5.47. The molecule has 156 valence electrons. The van der Waals surface area contributed by atoms with E-state index in [-0.39, 0.29) is 11.9 Å². The summed E-state index contributed by atoms with van der Waals surface area (Å²) < 4.78 is 0. The number of hydrogen-bond donors (Lipinski definition) is 0. The third kappa shape index (κ3) is 5.29. The zero-order chi connectivity index (χ0) is 21.6. The molecule has 0 radical (unpaired) electrons. The van der Waals surface area contributed by atoms with Gasteiger partial charge in [-0.3, -0.25) is 9.69 Å². The van der Waals surface area contributed by atoms with Crippen molar-refractivity contribution < 1.29 is 4.79 Å². The lowest BCUT2D eigenvalue weighted by molar-refractivity contribution is -0.127. The number of halogens is 2. The maximum atomic E-state index is 12.6. The smallest absolute Gasteiger partial charge is 0.298 e. The van der Waals surface area contributed by atoms with Crippen LogP contribution in [0, 0.1) is 11.8 Å². The Balaban J connectivity index is 1.45. The van der Waals surface area contributed by atoms with Gasteiger partial charge in [-0.2, -0.15) is 0 Å². The quantitative estimate of drug-likeness (QED) is 0.508. The lowest BCUT2D eigenvalue weighted by Crippen LogP contribution is -2.49. The fourth-order valence-corrected chi connectivity index (χ4v) is 4.14. The largest absolute Gasteiger partial charge is 0.329 e. The zero-order valence-electron chi connectivity index (χ0n) is 17.0. The van der Waals surface area contributed by atoms with E-state index in [2.05, 4.69) is 65.3 Å². The van der Waals surface area contributed by atoms with E-state index < -0.39 is 0 Å². The molecule has 0 aromatic heterocycles. The first-order valence-electron chi connectivity index (χ1n) is 10.2. The second kappa shape index (κ2) is 10.0. The monoisotopic (exact) mass is 448 g/mol. The van der Waals surface area contributed by atoms with Crippen molar-refractivity contribution in [1.82, 2.24) is 9.80 Å². The van der Waals surface area contributed by atoms with Crippen LogP contribution < -0.4 is 0 Å². The predicted octanol–water partition coefficient (Wildman–Crippen LogP) is 5.28. The van der Waals surface area contributed by atoms with E-state index in [9.17, 15) is 4.79 Å². The number of hydrogen-bond acceptors (Lipinski definition) is 2. The molecular weight excluding hydrogens is 427 g/mol. The van der Waals surface area contributed by atoms with Crippen LogP contribution in [0.3, 0.4) is 0 Å². The lowest BCUT2D eigenvalue weighted by Gasteiger charge is -2.39. The summed E-state index contributed by atoms with van der Waals surface area (Å²) in [6, 6.07) is 26.3. The standard InChI is InChI=1S/C26H22Cl2N2O/c27-23-13-11-20(19-24(23)28)12-14-25(31)29-15-17-30(18-16-29)26(21-7-3-1-4-8-21)22-9-5-2-6-10-22/h1-11,13,19,26H,15-18H2. The van der Waals surface area contributed by atoms with Crippen molar-refractivity contribution in [2.24, 2.45) is 0 Å². The van der Waals surface area contributed by atoms with Crippen LogP contribution in [0.15, 0.2) is 78.9 Å². The van der Waals surface area contributed by atoms with Crippen LogP contribution >= 0.6 is 23.2 Å². The SMILES string of the molecule is O=C(C#Cc1ccc(Cl)c(Cl)c1)N1CCN(C(c2ccccc2)c2ccccc2)CC1. The molecule has 0 N–H and O–H groups in total. The van der Waals surface area contributed by atoms with Gasteiger partial charge in [0.2, 0.25) is 0 Å². The Morgan fingerprint density at radius 3 is 1.90 bits per heavy atom. The molecule has 0 spiro atoms. The molecule has 0 aliphatic carbocycles. The van der Waals surface area contributed by atoms with Crippen molar-refractivity contribution in [3.63, 3.8) is 0 Å². The minimum absolute atomic E-state index is 0.165. The van der Waals surface area contributed by atoms with Gasteiger partial charge in [-0.05, 0) is 29.3 Å². The molecule has 0 unspecified atom stereocenters. The highest BCUT2D eigenvalue weighted by Crippen LogP contribution is 2.29. The number of rotatable bonds is 3. The van der Waals surface area contributed by atoms with Crippen LogP contribution in [0.25, 0.3) is 0 Å². The molecular formula is C26H22Cl2N2O. The highest BCUT2D eigenvalue weighted by molar-refractivity contribution is 6.42. The number of carbonyl (C=O) groups excluding carboxylic acids is 1. The molecule has 1 fully saturated rings. The van der Waals surface area contributed by atoms with Gasteiger partial charge >= 0.3 is 0 Å². The Morgan fingerprint density at radius 2 is 1.35 bits per heavy atom. The van der Waals surface area contributed by atoms with Gasteiger partial charge in [-0.1, -0.05) is 89.8 Å². The van der Waals surface area contributed by atoms with E-state index in [1.165, 1.54) is 11.1 Å². The summed E-state index contributed by atoms with van der Waals surface area (Å²) in [6.07, 6.45) is 0. The third-order valence-corrected chi connectivity index (χ3v) is 6.17. The maximum absolute atomic E-state index is 12.6. The summed E-state index contributed by atoms with van der Waals surface area (Å²) in [7, 11) is 0. The van der Waals surface area contributed by atoms with Crippen LogP contribution in [0.1, 0.15) is 22.7 Å². The Morgan fingerprint density at radius 1 is 0.774 bits per heavy atom. The molecule has 31 heavy (non-hydrogen) atoms. The first kappa shape index (κ1) is 21.5. The van der Waals surface area contributed by atoms with Crippen molar-refractivity contribution in [2.45, 2.75) is 6.04 Å². The molecule has 1 aliphatic rings. The average molecular weight is 449 g/mol. The normalized spacial score (nSPS) is 14.2. The van der Waals surface area contributed by atoms with E-state index in [1.54, 1.807) is 18.2 Å². The summed E-state index contributed by atoms with van der Waals surface area (Å²) in [5.41, 5.74) is 3.19. The molecule has 1 aliphatic heterocycles. The molecule has 3 aromatic carbocycles. The molecule has 0 saturated carbocycles. The molecule has 5 heteroatoms. The van der Waals surface area contributed by atoms with Crippen molar-refractivity contribution in [1.29, 1.82) is 0 Å². The van der Waals surface area contributed by atoms with Crippen molar-refractivity contribution in [2.75, 3.05) is 26.2 Å². The van der Waals surface area contributed by atoms with Gasteiger partial charge in [0.15, 0.2) is 0 Å². The molecule has 4 rings (SSSR count). The minimum atomic E-state index is -0.165. The summed E-state index contributed by atoms with van der Waals surface area (Å²) in [4.78, 5) is 16.9. The van der Waals surface area contributed by atoms with Gasteiger partial charge in [0.25, 0.3) is 5.91 Å². The van der Waals surface area contributed by atoms with E-state index in [0.717, 1.165) is 13.1 Å². The molecule has 0 bridgehead atoms. The van der Waals surface area contributed by atoms with Gasteiger partial charge in [-0.15, -0.1) is 0 Å². The van der Waals surface area contributed by atoms with Crippen molar-refractivity contribution in [3.05, 3.63) is 106 Å². The Kier molecular flexibility index (Phi) is 6.94. The fourth-order valence-electron chi connectivity index (χ4n) is 3.85. The van der Waals surface area contributed by atoms with Crippen molar-refractivity contribution in [3.8, 4) is 11.8 Å².